The molecular weight excluding hydrogens is 426 g/mol. The third kappa shape index (κ3) is 3.15. The van der Waals surface area contributed by atoms with Crippen molar-refractivity contribution in [3.05, 3.63) is 57.9 Å². The SMILES string of the molecule is Cc1cnc(-c2cc(-c3nsc(Nc4ccc5[nH]ncc5c4Cl)n3)cn(C)c2=O)o1. The monoisotopic (exact) mass is 439 g/mol. The van der Waals surface area contributed by atoms with Crippen molar-refractivity contribution in [2.45, 2.75) is 6.92 Å². The van der Waals surface area contributed by atoms with E-state index in [1.54, 1.807) is 38.6 Å². The number of benzene rings is 1. The largest absolute Gasteiger partial charge is 0.441 e. The molecule has 0 atom stereocenters. The van der Waals surface area contributed by atoms with Crippen LogP contribution < -0.4 is 10.9 Å². The topological polar surface area (TPSA) is 115 Å². The summed E-state index contributed by atoms with van der Waals surface area (Å²) in [4.78, 5) is 21.2. The second-order valence-electron chi connectivity index (χ2n) is 6.64. The van der Waals surface area contributed by atoms with E-state index in [0.717, 1.165) is 10.9 Å². The standard InChI is InChI=1S/C19H14ClN7O2S/c1-9-6-21-17(29-9)11-5-10(8-27(2)18(11)28)16-24-19(30-26-16)23-14-4-3-13-12(15(14)20)7-22-25-13/h3-8H,1-2H3,(H,22,25)(H,23,24,26). The van der Waals surface area contributed by atoms with Gasteiger partial charge in [0.25, 0.3) is 5.56 Å². The fraction of sp³-hybridized carbons (Fsp3) is 0.105. The van der Waals surface area contributed by atoms with E-state index in [9.17, 15) is 4.79 Å². The lowest BCUT2D eigenvalue weighted by Crippen LogP contribution is -2.18. The molecule has 0 aliphatic rings. The number of rotatable bonds is 4. The lowest BCUT2D eigenvalue weighted by atomic mass is 10.2. The third-order valence-corrected chi connectivity index (χ3v) is 5.56. The molecule has 4 aromatic heterocycles. The average molecular weight is 440 g/mol. The summed E-state index contributed by atoms with van der Waals surface area (Å²) < 4.78 is 11.4. The van der Waals surface area contributed by atoms with E-state index in [-0.39, 0.29) is 11.4 Å². The Kier molecular flexibility index (Phi) is 4.37. The molecule has 150 valence electrons. The third-order valence-electron chi connectivity index (χ3n) is 4.52. The lowest BCUT2D eigenvalue weighted by molar-refractivity contribution is 0.541. The van der Waals surface area contributed by atoms with E-state index < -0.39 is 0 Å². The van der Waals surface area contributed by atoms with Gasteiger partial charge in [-0.3, -0.25) is 9.89 Å². The van der Waals surface area contributed by atoms with Crippen molar-refractivity contribution in [3.63, 3.8) is 0 Å². The predicted octanol–water partition coefficient (Wildman–Crippen LogP) is 4.14. The Balaban J connectivity index is 1.50. The molecule has 0 bridgehead atoms. The zero-order valence-electron chi connectivity index (χ0n) is 15.8. The number of aryl methyl sites for hydroxylation is 2. The van der Waals surface area contributed by atoms with Crippen LogP contribution in [0.4, 0.5) is 10.8 Å². The molecule has 0 aliphatic heterocycles. The first-order chi connectivity index (χ1) is 14.5. The number of aromatic nitrogens is 6. The predicted molar refractivity (Wildman–Crippen MR) is 115 cm³/mol. The molecule has 0 spiro atoms. The molecule has 0 saturated heterocycles. The molecule has 0 fully saturated rings. The van der Waals surface area contributed by atoms with Gasteiger partial charge in [-0.1, -0.05) is 11.6 Å². The number of H-pyrrole nitrogens is 1. The highest BCUT2D eigenvalue weighted by molar-refractivity contribution is 7.10. The highest BCUT2D eigenvalue weighted by Gasteiger charge is 2.16. The number of nitrogens with zero attached hydrogens (tertiary/aromatic N) is 5. The van der Waals surface area contributed by atoms with Gasteiger partial charge < -0.3 is 14.3 Å². The number of aromatic amines is 1. The first-order valence-electron chi connectivity index (χ1n) is 8.86. The lowest BCUT2D eigenvalue weighted by Gasteiger charge is -2.05. The molecule has 5 rings (SSSR count). The molecule has 0 aliphatic carbocycles. The molecule has 30 heavy (non-hydrogen) atoms. The second kappa shape index (κ2) is 7.08. The highest BCUT2D eigenvalue weighted by atomic mass is 35.5. The number of halogens is 1. The van der Waals surface area contributed by atoms with Crippen molar-refractivity contribution in [1.82, 2.24) is 29.1 Å². The van der Waals surface area contributed by atoms with Gasteiger partial charge >= 0.3 is 0 Å². The van der Waals surface area contributed by atoms with Crippen LogP contribution in [-0.4, -0.2) is 29.1 Å². The summed E-state index contributed by atoms with van der Waals surface area (Å²) in [6, 6.07) is 5.42. The van der Waals surface area contributed by atoms with Crippen molar-refractivity contribution in [2.24, 2.45) is 7.05 Å². The molecule has 0 amide bonds. The van der Waals surface area contributed by atoms with Gasteiger partial charge in [-0.25, -0.2) is 4.98 Å². The zero-order chi connectivity index (χ0) is 20.8. The Morgan fingerprint density at radius 1 is 1.30 bits per heavy atom. The smallest absolute Gasteiger partial charge is 0.263 e. The van der Waals surface area contributed by atoms with Gasteiger partial charge in [-0.15, -0.1) is 0 Å². The molecular formula is C19H14ClN7O2S. The van der Waals surface area contributed by atoms with E-state index in [1.165, 1.54) is 16.1 Å². The first-order valence-corrected chi connectivity index (χ1v) is 10.0. The van der Waals surface area contributed by atoms with Gasteiger partial charge in [0.2, 0.25) is 11.0 Å². The van der Waals surface area contributed by atoms with E-state index in [4.69, 9.17) is 16.0 Å². The number of oxazole rings is 1. The molecule has 0 saturated carbocycles. The molecule has 4 heterocycles. The number of pyridine rings is 1. The van der Waals surface area contributed by atoms with Gasteiger partial charge in [-0.05, 0) is 25.1 Å². The van der Waals surface area contributed by atoms with Crippen LogP contribution in [0.25, 0.3) is 33.7 Å². The minimum absolute atomic E-state index is 0.214. The van der Waals surface area contributed by atoms with Crippen molar-refractivity contribution >= 4 is 44.9 Å². The molecule has 0 radical (unpaired) electrons. The van der Waals surface area contributed by atoms with Gasteiger partial charge in [0, 0.05) is 35.7 Å². The molecule has 5 aromatic rings. The summed E-state index contributed by atoms with van der Waals surface area (Å²) in [7, 11) is 1.66. The van der Waals surface area contributed by atoms with Crippen LogP contribution in [0.2, 0.25) is 5.02 Å². The van der Waals surface area contributed by atoms with Gasteiger partial charge in [0.15, 0.2) is 5.82 Å². The fourth-order valence-corrected chi connectivity index (χ4v) is 3.92. The maximum Gasteiger partial charge on any atom is 0.263 e. The van der Waals surface area contributed by atoms with Crippen LogP contribution in [-0.2, 0) is 7.05 Å². The molecule has 1 aromatic carbocycles. The summed E-state index contributed by atoms with van der Waals surface area (Å²) in [5, 5.41) is 12.0. The number of nitrogens with one attached hydrogen (secondary N) is 2. The van der Waals surface area contributed by atoms with Crippen LogP contribution in [0.3, 0.4) is 0 Å². The molecule has 2 N–H and O–H groups in total. The number of fused-ring (bicyclic) bond motifs is 1. The minimum atomic E-state index is -0.214. The number of anilines is 2. The molecule has 11 heteroatoms. The van der Waals surface area contributed by atoms with E-state index in [2.05, 4.69) is 29.9 Å². The van der Waals surface area contributed by atoms with Crippen LogP contribution in [0, 0.1) is 6.92 Å². The van der Waals surface area contributed by atoms with Crippen LogP contribution in [0.15, 0.2) is 46.0 Å². The molecule has 0 unspecified atom stereocenters. The maximum atomic E-state index is 12.5. The van der Waals surface area contributed by atoms with Crippen molar-refractivity contribution in [2.75, 3.05) is 5.32 Å². The molecule has 9 nitrogen and oxygen atoms in total. The van der Waals surface area contributed by atoms with E-state index in [0.29, 0.717) is 38.6 Å². The average Bonchev–Trinajstić information content (AvgIpc) is 3.47. The quantitative estimate of drug-likeness (QED) is 0.432. The van der Waals surface area contributed by atoms with Gasteiger partial charge in [0.05, 0.1) is 28.6 Å². The Bertz CT molecular complexity index is 1450. The van der Waals surface area contributed by atoms with Crippen molar-refractivity contribution < 1.29 is 4.42 Å². The van der Waals surface area contributed by atoms with Crippen LogP contribution in [0.5, 0.6) is 0 Å². The van der Waals surface area contributed by atoms with E-state index in [1.807, 2.05) is 12.1 Å². The summed E-state index contributed by atoms with van der Waals surface area (Å²) >= 11 is 7.65. The number of hydrogen-bond acceptors (Lipinski definition) is 8. The van der Waals surface area contributed by atoms with Crippen molar-refractivity contribution in [1.29, 1.82) is 0 Å². The Labute approximate surface area is 178 Å². The van der Waals surface area contributed by atoms with Crippen LogP contribution >= 0.6 is 23.1 Å². The fourth-order valence-electron chi connectivity index (χ4n) is 3.05. The highest BCUT2D eigenvalue weighted by Crippen LogP contribution is 2.33. The van der Waals surface area contributed by atoms with Gasteiger partial charge in [-0.2, -0.15) is 14.5 Å². The normalized spacial score (nSPS) is 11.3. The Morgan fingerprint density at radius 2 is 2.17 bits per heavy atom. The second-order valence-corrected chi connectivity index (χ2v) is 7.77. The Hall–Kier alpha value is -3.50. The summed E-state index contributed by atoms with van der Waals surface area (Å²) in [6.45, 7) is 1.77. The zero-order valence-corrected chi connectivity index (χ0v) is 17.4. The van der Waals surface area contributed by atoms with Crippen LogP contribution in [0.1, 0.15) is 5.76 Å². The minimum Gasteiger partial charge on any atom is -0.441 e. The number of hydrogen-bond donors (Lipinski definition) is 2. The van der Waals surface area contributed by atoms with Gasteiger partial charge in [0.1, 0.15) is 11.3 Å². The van der Waals surface area contributed by atoms with Crippen molar-refractivity contribution in [3.8, 4) is 22.8 Å². The Morgan fingerprint density at radius 3 is 2.97 bits per heavy atom. The summed E-state index contributed by atoms with van der Waals surface area (Å²) in [5.74, 6) is 1.37. The van der Waals surface area contributed by atoms with E-state index >= 15 is 0 Å². The maximum absolute atomic E-state index is 12.5. The first kappa shape index (κ1) is 18.5. The summed E-state index contributed by atoms with van der Waals surface area (Å²) in [5.41, 5.74) is 2.35. The summed E-state index contributed by atoms with van der Waals surface area (Å²) in [6.07, 6.45) is 4.92.